The number of nitrogens with zero attached hydrogens (tertiary/aromatic N) is 3. The topological polar surface area (TPSA) is 83.6 Å². The Kier molecular flexibility index (Phi) is 9.51. The average molecular weight is 489 g/mol. The fraction of sp³-hybridized carbons (Fsp3) is 0.636. The van der Waals surface area contributed by atoms with Crippen molar-refractivity contribution in [1.82, 2.24) is 14.7 Å². The number of carbonyl (C=O) groups is 2. The van der Waals surface area contributed by atoms with Crippen LogP contribution in [0.2, 0.25) is 0 Å². The van der Waals surface area contributed by atoms with E-state index in [1.54, 1.807) is 4.90 Å². The summed E-state index contributed by atoms with van der Waals surface area (Å²) >= 11 is 0. The molecule has 0 saturated carbocycles. The van der Waals surface area contributed by atoms with Crippen molar-refractivity contribution in [3.63, 3.8) is 0 Å². The predicted molar refractivity (Wildman–Crippen MR) is 118 cm³/mol. The molecule has 2 amide bonds. The first-order chi connectivity index (χ1) is 16.3. The molecular formula is C22H31F3N4O5. The summed E-state index contributed by atoms with van der Waals surface area (Å²) in [5.41, 5.74) is -0.911. The van der Waals surface area contributed by atoms with Crippen molar-refractivity contribution in [2.75, 3.05) is 91.2 Å². The molecule has 0 aliphatic carbocycles. The first kappa shape index (κ1) is 26.2. The molecule has 190 valence electrons. The van der Waals surface area contributed by atoms with Crippen molar-refractivity contribution in [3.05, 3.63) is 23.8 Å². The van der Waals surface area contributed by atoms with Crippen molar-refractivity contribution in [3.8, 4) is 5.75 Å². The number of amides is 2. The van der Waals surface area contributed by atoms with E-state index >= 15 is 0 Å². The normalized spacial score (nSPS) is 18.1. The van der Waals surface area contributed by atoms with E-state index in [-0.39, 0.29) is 37.1 Å². The molecule has 34 heavy (non-hydrogen) atoms. The van der Waals surface area contributed by atoms with Gasteiger partial charge in [-0.2, -0.15) is 13.2 Å². The van der Waals surface area contributed by atoms with Crippen LogP contribution in [0.5, 0.6) is 5.75 Å². The zero-order valence-electron chi connectivity index (χ0n) is 19.2. The lowest BCUT2D eigenvalue weighted by Gasteiger charge is -2.35. The molecule has 2 saturated heterocycles. The van der Waals surface area contributed by atoms with E-state index in [4.69, 9.17) is 14.2 Å². The lowest BCUT2D eigenvalue weighted by atomic mass is 10.1. The van der Waals surface area contributed by atoms with Crippen LogP contribution in [-0.4, -0.2) is 112 Å². The van der Waals surface area contributed by atoms with Crippen LogP contribution in [0, 0.1) is 0 Å². The highest BCUT2D eigenvalue weighted by atomic mass is 19.4. The van der Waals surface area contributed by atoms with E-state index in [1.165, 1.54) is 13.2 Å². The number of alkyl halides is 3. The molecule has 0 atom stereocenters. The largest absolute Gasteiger partial charge is 0.489 e. The van der Waals surface area contributed by atoms with Crippen LogP contribution < -0.4 is 10.1 Å². The molecule has 0 bridgehead atoms. The molecule has 2 fully saturated rings. The minimum atomic E-state index is -4.54. The number of benzene rings is 1. The molecule has 1 aromatic carbocycles. The average Bonchev–Trinajstić information content (AvgIpc) is 2.81. The van der Waals surface area contributed by atoms with Gasteiger partial charge in [0.2, 0.25) is 11.8 Å². The minimum absolute atomic E-state index is 0.0268. The van der Waals surface area contributed by atoms with Crippen LogP contribution in [0.15, 0.2) is 18.2 Å². The Hall–Kier alpha value is -2.41. The number of piperazine rings is 1. The summed E-state index contributed by atoms with van der Waals surface area (Å²) in [4.78, 5) is 30.7. The second kappa shape index (κ2) is 12.3. The predicted octanol–water partition coefficient (Wildman–Crippen LogP) is 1.15. The van der Waals surface area contributed by atoms with E-state index in [1.807, 2.05) is 9.80 Å². The fourth-order valence-corrected chi connectivity index (χ4v) is 3.77. The van der Waals surface area contributed by atoms with Crippen LogP contribution >= 0.6 is 0 Å². The third-order valence-electron chi connectivity index (χ3n) is 5.68. The molecule has 1 aromatic rings. The van der Waals surface area contributed by atoms with Gasteiger partial charge in [-0.1, -0.05) is 0 Å². The van der Waals surface area contributed by atoms with Gasteiger partial charge >= 0.3 is 6.18 Å². The smallest absolute Gasteiger partial charge is 0.416 e. The van der Waals surface area contributed by atoms with Crippen LogP contribution in [0.25, 0.3) is 0 Å². The Balaban J connectivity index is 1.50. The molecule has 0 unspecified atom stereocenters. The zero-order valence-corrected chi connectivity index (χ0v) is 19.2. The van der Waals surface area contributed by atoms with E-state index in [9.17, 15) is 22.8 Å². The number of rotatable bonds is 9. The van der Waals surface area contributed by atoms with E-state index in [2.05, 4.69) is 5.32 Å². The van der Waals surface area contributed by atoms with E-state index in [0.29, 0.717) is 59.0 Å². The maximum Gasteiger partial charge on any atom is 0.416 e. The minimum Gasteiger partial charge on any atom is -0.489 e. The van der Waals surface area contributed by atoms with Gasteiger partial charge in [0.25, 0.3) is 0 Å². The number of anilines is 1. The molecule has 9 nitrogen and oxygen atoms in total. The number of hydrogen-bond acceptors (Lipinski definition) is 7. The number of carbonyl (C=O) groups excluding carboxylic acids is 2. The Morgan fingerprint density at radius 3 is 2.26 bits per heavy atom. The first-order valence-corrected chi connectivity index (χ1v) is 11.2. The fourth-order valence-electron chi connectivity index (χ4n) is 3.77. The molecule has 2 heterocycles. The van der Waals surface area contributed by atoms with Crippen molar-refractivity contribution < 1.29 is 37.0 Å². The highest BCUT2D eigenvalue weighted by molar-refractivity contribution is 5.93. The molecule has 0 spiro atoms. The van der Waals surface area contributed by atoms with E-state index < -0.39 is 17.6 Å². The molecular weight excluding hydrogens is 457 g/mol. The van der Waals surface area contributed by atoms with Gasteiger partial charge in [0.15, 0.2) is 0 Å². The van der Waals surface area contributed by atoms with Crippen LogP contribution in [0.1, 0.15) is 5.56 Å². The van der Waals surface area contributed by atoms with Gasteiger partial charge in [0.1, 0.15) is 12.4 Å². The Morgan fingerprint density at radius 2 is 1.65 bits per heavy atom. The Morgan fingerprint density at radius 1 is 1.00 bits per heavy atom. The Bertz CT molecular complexity index is 825. The lowest BCUT2D eigenvalue weighted by Crippen LogP contribution is -2.52. The molecule has 3 rings (SSSR count). The molecule has 0 radical (unpaired) electrons. The van der Waals surface area contributed by atoms with Crippen LogP contribution in [0.4, 0.5) is 18.9 Å². The second-order valence-electron chi connectivity index (χ2n) is 8.14. The summed E-state index contributed by atoms with van der Waals surface area (Å²) in [6.45, 7) is 5.45. The lowest BCUT2D eigenvalue weighted by molar-refractivity contribution is -0.138. The summed E-state index contributed by atoms with van der Waals surface area (Å²) < 4.78 is 55.1. The SMILES string of the molecule is COCCOc1ccc(C(F)(F)F)cc1NC(=O)CN1CCN(CC(=O)N2CCOCC2)CC1. The van der Waals surface area contributed by atoms with E-state index in [0.717, 1.165) is 12.1 Å². The quantitative estimate of drug-likeness (QED) is 0.522. The van der Waals surface area contributed by atoms with Crippen molar-refractivity contribution in [2.24, 2.45) is 0 Å². The number of methoxy groups -OCH3 is 1. The number of nitrogens with one attached hydrogen (secondary N) is 1. The third kappa shape index (κ3) is 7.83. The highest BCUT2D eigenvalue weighted by Gasteiger charge is 2.31. The van der Waals surface area contributed by atoms with Crippen molar-refractivity contribution in [1.29, 1.82) is 0 Å². The maximum atomic E-state index is 13.1. The first-order valence-electron chi connectivity index (χ1n) is 11.2. The maximum absolute atomic E-state index is 13.1. The van der Waals surface area contributed by atoms with Crippen LogP contribution in [0.3, 0.4) is 0 Å². The number of hydrogen-bond donors (Lipinski definition) is 1. The second-order valence-corrected chi connectivity index (χ2v) is 8.14. The highest BCUT2D eigenvalue weighted by Crippen LogP contribution is 2.35. The monoisotopic (exact) mass is 488 g/mol. The summed E-state index contributed by atoms with van der Waals surface area (Å²) in [6, 6.07) is 2.97. The summed E-state index contributed by atoms with van der Waals surface area (Å²) in [6.07, 6.45) is -4.54. The summed E-state index contributed by atoms with van der Waals surface area (Å²) in [5, 5.41) is 2.55. The van der Waals surface area contributed by atoms with Gasteiger partial charge in [0.05, 0.1) is 44.2 Å². The number of halogens is 3. The van der Waals surface area contributed by atoms with Gasteiger partial charge in [-0.15, -0.1) is 0 Å². The van der Waals surface area contributed by atoms with Crippen molar-refractivity contribution in [2.45, 2.75) is 6.18 Å². The van der Waals surface area contributed by atoms with Gasteiger partial charge in [-0.3, -0.25) is 19.4 Å². The molecule has 0 aromatic heterocycles. The van der Waals surface area contributed by atoms with Crippen LogP contribution in [-0.2, 0) is 25.2 Å². The standard InChI is InChI=1S/C22H31F3N4O5/c1-32-12-13-34-19-3-2-17(22(23,24)25)14-18(19)26-20(30)15-27-4-6-28(7-5-27)16-21(31)29-8-10-33-11-9-29/h2-3,14H,4-13,15-16H2,1H3,(H,26,30). The molecule has 12 heteroatoms. The third-order valence-corrected chi connectivity index (χ3v) is 5.68. The zero-order chi connectivity index (χ0) is 24.6. The number of morpholine rings is 1. The van der Waals surface area contributed by atoms with Crippen molar-refractivity contribution >= 4 is 17.5 Å². The van der Waals surface area contributed by atoms with Gasteiger partial charge in [-0.05, 0) is 18.2 Å². The molecule has 1 N–H and O–H groups in total. The summed E-state index contributed by atoms with van der Waals surface area (Å²) in [7, 11) is 1.48. The molecule has 2 aliphatic rings. The van der Waals surface area contributed by atoms with Gasteiger partial charge < -0.3 is 24.4 Å². The van der Waals surface area contributed by atoms with Gasteiger partial charge in [0, 0.05) is 46.4 Å². The Labute approximate surface area is 196 Å². The van der Waals surface area contributed by atoms with Gasteiger partial charge in [-0.25, -0.2) is 0 Å². The number of ether oxygens (including phenoxy) is 3. The molecule has 2 aliphatic heterocycles. The summed E-state index contributed by atoms with van der Waals surface area (Å²) in [5.74, 6) is -0.223.